The number of thiazole rings is 1. The second-order valence-electron chi connectivity index (χ2n) is 5.12. The summed E-state index contributed by atoms with van der Waals surface area (Å²) in [5.74, 6) is 0.252. The lowest BCUT2D eigenvalue weighted by Gasteiger charge is -2.10. The molecule has 1 heterocycles. The SMILES string of the molecule is CCOc1c(OC)cc(/C=N\Nc2nc(C)c(C(C)=O)s2)cc1[N+](=O)[O-]. The number of hydrazone groups is 1. The van der Waals surface area contributed by atoms with Gasteiger partial charge in [0.1, 0.15) is 0 Å². The summed E-state index contributed by atoms with van der Waals surface area (Å²) < 4.78 is 10.5. The maximum absolute atomic E-state index is 11.4. The smallest absolute Gasteiger partial charge is 0.315 e. The zero-order valence-electron chi connectivity index (χ0n) is 14.7. The Morgan fingerprint density at radius 3 is 2.77 bits per heavy atom. The number of anilines is 1. The first kappa shape index (κ1) is 19.3. The predicted octanol–water partition coefficient (Wildman–Crippen LogP) is 3.42. The molecule has 0 unspecified atom stereocenters. The third-order valence-electron chi connectivity index (χ3n) is 3.25. The van der Waals surface area contributed by atoms with Gasteiger partial charge in [0.05, 0.1) is 35.4 Å². The number of benzene rings is 1. The summed E-state index contributed by atoms with van der Waals surface area (Å²) in [6, 6.07) is 2.92. The standard InChI is InChI=1S/C16H18N4O5S/c1-5-25-14-12(20(22)23)6-11(7-13(14)24-4)8-17-19-16-18-9(2)15(26-16)10(3)21/h6-8H,5H2,1-4H3,(H,18,19)/b17-8-. The Kier molecular flexibility index (Phi) is 6.23. The van der Waals surface area contributed by atoms with Gasteiger partial charge in [0.2, 0.25) is 10.9 Å². The second kappa shape index (κ2) is 8.39. The van der Waals surface area contributed by atoms with E-state index in [0.29, 0.717) is 21.3 Å². The molecule has 0 fully saturated rings. The molecular formula is C16H18N4O5S. The van der Waals surface area contributed by atoms with Crippen LogP contribution in [0, 0.1) is 17.0 Å². The van der Waals surface area contributed by atoms with E-state index in [2.05, 4.69) is 15.5 Å². The number of rotatable bonds is 8. The van der Waals surface area contributed by atoms with Crippen LogP contribution in [0.15, 0.2) is 17.2 Å². The second-order valence-corrected chi connectivity index (χ2v) is 6.12. The number of nitro benzene ring substituents is 1. The molecule has 2 rings (SSSR count). The largest absolute Gasteiger partial charge is 0.493 e. The number of nitrogens with one attached hydrogen (secondary N) is 1. The topological polar surface area (TPSA) is 116 Å². The van der Waals surface area contributed by atoms with Crippen molar-refractivity contribution in [1.82, 2.24) is 4.98 Å². The number of hydrogen-bond donors (Lipinski definition) is 1. The Balaban J connectivity index is 2.27. The summed E-state index contributed by atoms with van der Waals surface area (Å²) in [4.78, 5) is 26.9. The molecule has 10 heteroatoms. The molecule has 0 atom stereocenters. The third kappa shape index (κ3) is 4.33. The maximum atomic E-state index is 11.4. The van der Waals surface area contributed by atoms with Gasteiger partial charge in [-0.2, -0.15) is 5.10 Å². The van der Waals surface area contributed by atoms with Gasteiger partial charge in [0, 0.05) is 18.6 Å². The maximum Gasteiger partial charge on any atom is 0.315 e. The van der Waals surface area contributed by atoms with Crippen LogP contribution in [0.25, 0.3) is 0 Å². The van der Waals surface area contributed by atoms with Crippen molar-refractivity contribution in [2.45, 2.75) is 20.8 Å². The van der Waals surface area contributed by atoms with E-state index >= 15 is 0 Å². The summed E-state index contributed by atoms with van der Waals surface area (Å²) in [5, 5.41) is 15.8. The van der Waals surface area contributed by atoms with Crippen LogP contribution >= 0.6 is 11.3 Å². The van der Waals surface area contributed by atoms with Crippen molar-refractivity contribution in [3.63, 3.8) is 0 Å². The number of hydrogen-bond acceptors (Lipinski definition) is 9. The molecule has 0 saturated heterocycles. The normalized spacial score (nSPS) is 10.8. The van der Waals surface area contributed by atoms with Crippen molar-refractivity contribution >= 4 is 34.2 Å². The first-order valence-corrected chi connectivity index (χ1v) is 8.45. The van der Waals surface area contributed by atoms with E-state index in [-0.39, 0.29) is 29.6 Å². The number of carbonyl (C=O) groups is 1. The molecule has 9 nitrogen and oxygen atoms in total. The summed E-state index contributed by atoms with van der Waals surface area (Å²) in [6.07, 6.45) is 1.40. The Labute approximate surface area is 153 Å². The molecule has 26 heavy (non-hydrogen) atoms. The lowest BCUT2D eigenvalue weighted by Crippen LogP contribution is -2.02. The fraction of sp³-hybridized carbons (Fsp3) is 0.312. The van der Waals surface area contributed by atoms with Gasteiger partial charge in [0.15, 0.2) is 11.5 Å². The first-order valence-electron chi connectivity index (χ1n) is 7.64. The summed E-state index contributed by atoms with van der Waals surface area (Å²) >= 11 is 1.19. The predicted molar refractivity (Wildman–Crippen MR) is 98.9 cm³/mol. The molecule has 1 aromatic heterocycles. The van der Waals surface area contributed by atoms with Crippen LogP contribution in [0.3, 0.4) is 0 Å². The van der Waals surface area contributed by atoms with Gasteiger partial charge in [-0.3, -0.25) is 20.3 Å². The molecule has 2 aromatic rings. The molecule has 1 aromatic carbocycles. The third-order valence-corrected chi connectivity index (χ3v) is 4.42. The number of carbonyl (C=O) groups excluding carboxylic acids is 1. The number of aryl methyl sites for hydroxylation is 1. The Bertz CT molecular complexity index is 863. The molecule has 0 amide bonds. The van der Waals surface area contributed by atoms with Crippen LogP contribution < -0.4 is 14.9 Å². The van der Waals surface area contributed by atoms with E-state index in [1.165, 1.54) is 37.7 Å². The molecule has 0 saturated carbocycles. The Morgan fingerprint density at radius 2 is 2.23 bits per heavy atom. The molecule has 0 aliphatic carbocycles. The number of Topliss-reactive ketones (excluding diaryl/α,β-unsaturated/α-hetero) is 1. The lowest BCUT2D eigenvalue weighted by molar-refractivity contribution is -0.385. The average Bonchev–Trinajstić information content (AvgIpc) is 2.96. The van der Waals surface area contributed by atoms with Gasteiger partial charge in [-0.25, -0.2) is 4.98 Å². The molecule has 0 spiro atoms. The lowest BCUT2D eigenvalue weighted by atomic mass is 10.2. The number of ketones is 1. The molecule has 0 aliphatic heterocycles. The van der Waals surface area contributed by atoms with Crippen molar-refractivity contribution < 1.29 is 19.2 Å². The highest BCUT2D eigenvalue weighted by Gasteiger charge is 2.21. The number of nitro groups is 1. The van der Waals surface area contributed by atoms with E-state index in [1.54, 1.807) is 19.9 Å². The van der Waals surface area contributed by atoms with E-state index < -0.39 is 4.92 Å². The van der Waals surface area contributed by atoms with Crippen molar-refractivity contribution in [1.29, 1.82) is 0 Å². The van der Waals surface area contributed by atoms with Crippen LogP contribution in [0.1, 0.15) is 34.8 Å². The fourth-order valence-corrected chi connectivity index (χ4v) is 3.00. The summed E-state index contributed by atoms with van der Waals surface area (Å²) in [5.41, 5.74) is 3.58. The van der Waals surface area contributed by atoms with Crippen LogP contribution in [-0.4, -0.2) is 35.6 Å². The van der Waals surface area contributed by atoms with Gasteiger partial charge in [-0.05, 0) is 19.9 Å². The zero-order valence-corrected chi connectivity index (χ0v) is 15.5. The minimum absolute atomic E-state index is 0.0658. The monoisotopic (exact) mass is 378 g/mol. The van der Waals surface area contributed by atoms with E-state index in [9.17, 15) is 14.9 Å². The Morgan fingerprint density at radius 1 is 1.50 bits per heavy atom. The highest BCUT2D eigenvalue weighted by Crippen LogP contribution is 2.38. The number of ether oxygens (including phenoxy) is 2. The quantitative estimate of drug-likeness (QED) is 0.324. The van der Waals surface area contributed by atoms with Crippen molar-refractivity contribution in [2.24, 2.45) is 5.10 Å². The minimum atomic E-state index is -0.540. The summed E-state index contributed by atoms with van der Waals surface area (Å²) in [6.45, 7) is 5.21. The van der Waals surface area contributed by atoms with Gasteiger partial charge >= 0.3 is 5.69 Å². The van der Waals surface area contributed by atoms with Crippen LogP contribution in [0.2, 0.25) is 0 Å². The van der Waals surface area contributed by atoms with Crippen LogP contribution in [0.4, 0.5) is 10.8 Å². The van der Waals surface area contributed by atoms with Crippen molar-refractivity contribution in [3.05, 3.63) is 38.4 Å². The fourth-order valence-electron chi connectivity index (χ4n) is 2.19. The van der Waals surface area contributed by atoms with Crippen LogP contribution in [0.5, 0.6) is 11.5 Å². The average molecular weight is 378 g/mol. The molecule has 1 N–H and O–H groups in total. The Hall–Kier alpha value is -3.01. The molecule has 0 aliphatic rings. The van der Waals surface area contributed by atoms with E-state index in [0.717, 1.165) is 0 Å². The number of nitrogens with zero attached hydrogens (tertiary/aromatic N) is 3. The summed E-state index contributed by atoms with van der Waals surface area (Å²) in [7, 11) is 1.41. The zero-order chi connectivity index (χ0) is 19.3. The molecule has 0 radical (unpaired) electrons. The highest BCUT2D eigenvalue weighted by atomic mass is 32.1. The molecule has 138 valence electrons. The molecular weight excluding hydrogens is 360 g/mol. The molecule has 0 bridgehead atoms. The van der Waals surface area contributed by atoms with Gasteiger partial charge in [-0.15, -0.1) is 0 Å². The van der Waals surface area contributed by atoms with E-state index in [1.807, 2.05) is 0 Å². The number of methoxy groups -OCH3 is 1. The van der Waals surface area contributed by atoms with Gasteiger partial charge < -0.3 is 9.47 Å². The van der Waals surface area contributed by atoms with Gasteiger partial charge in [-0.1, -0.05) is 11.3 Å². The first-order chi connectivity index (χ1) is 12.4. The number of aromatic nitrogens is 1. The van der Waals surface area contributed by atoms with Crippen molar-refractivity contribution in [2.75, 3.05) is 19.1 Å². The highest BCUT2D eigenvalue weighted by molar-refractivity contribution is 7.17. The van der Waals surface area contributed by atoms with Crippen LogP contribution in [-0.2, 0) is 0 Å². The minimum Gasteiger partial charge on any atom is -0.493 e. The van der Waals surface area contributed by atoms with E-state index in [4.69, 9.17) is 9.47 Å². The van der Waals surface area contributed by atoms with Gasteiger partial charge in [0.25, 0.3) is 0 Å². The van der Waals surface area contributed by atoms with Crippen molar-refractivity contribution in [3.8, 4) is 11.5 Å².